The van der Waals surface area contributed by atoms with Crippen molar-refractivity contribution >= 4 is 11.6 Å². The Morgan fingerprint density at radius 3 is 2.63 bits per heavy atom. The highest BCUT2D eigenvalue weighted by Crippen LogP contribution is 2.38. The summed E-state index contributed by atoms with van der Waals surface area (Å²) in [7, 11) is 1.61. The lowest BCUT2D eigenvalue weighted by molar-refractivity contribution is -0.124. The van der Waals surface area contributed by atoms with Gasteiger partial charge in [0.25, 0.3) is 5.56 Å². The minimum Gasteiger partial charge on any atom is -0.497 e. The maximum absolute atomic E-state index is 12.6. The number of nitrogens with zero attached hydrogens (tertiary/aromatic N) is 6. The van der Waals surface area contributed by atoms with Gasteiger partial charge in [-0.1, -0.05) is 0 Å². The summed E-state index contributed by atoms with van der Waals surface area (Å²) in [5.74, 6) is 1.77. The Balaban J connectivity index is 1.19. The Hall–Kier alpha value is -4.28. The van der Waals surface area contributed by atoms with Gasteiger partial charge in [-0.15, -0.1) is 15.3 Å². The molecule has 1 atom stereocenters. The van der Waals surface area contributed by atoms with Gasteiger partial charge in [-0.2, -0.15) is 9.61 Å². The van der Waals surface area contributed by atoms with Gasteiger partial charge in [0.1, 0.15) is 18.4 Å². The van der Waals surface area contributed by atoms with E-state index in [0.717, 1.165) is 29.8 Å². The predicted molar refractivity (Wildman–Crippen MR) is 126 cm³/mol. The smallest absolute Gasteiger partial charge is 0.267 e. The highest BCUT2D eigenvalue weighted by molar-refractivity contribution is 5.79. The standard InChI is InChI=1S/C24H25N7O4/c1-15(30-22(32)12-9-19(28-30)16-3-4-16)24(33)25-13-14-35-21-11-10-20-26-27-23(31(20)29-21)17-5-7-18(34-2)8-6-17/h5-12,15-16H,3-4,13-14H2,1-2H3,(H,25,33). The molecule has 3 aromatic heterocycles. The number of aromatic nitrogens is 6. The molecule has 1 aromatic carbocycles. The number of nitrogens with one attached hydrogen (secondary N) is 1. The highest BCUT2D eigenvalue weighted by Gasteiger charge is 2.27. The first kappa shape index (κ1) is 22.5. The van der Waals surface area contributed by atoms with Gasteiger partial charge in [-0.3, -0.25) is 9.59 Å². The van der Waals surface area contributed by atoms with Gasteiger partial charge in [0, 0.05) is 23.6 Å². The second kappa shape index (κ2) is 9.53. The lowest BCUT2D eigenvalue weighted by Crippen LogP contribution is -2.38. The molecule has 1 N–H and O–H groups in total. The van der Waals surface area contributed by atoms with Crippen molar-refractivity contribution in [1.29, 1.82) is 0 Å². The van der Waals surface area contributed by atoms with E-state index in [1.54, 1.807) is 36.7 Å². The number of benzene rings is 1. The van der Waals surface area contributed by atoms with Crippen LogP contribution in [0.4, 0.5) is 0 Å². The van der Waals surface area contributed by atoms with Crippen LogP contribution in [0.2, 0.25) is 0 Å². The first-order valence-corrected chi connectivity index (χ1v) is 11.4. The lowest BCUT2D eigenvalue weighted by atomic mass is 10.2. The van der Waals surface area contributed by atoms with Gasteiger partial charge in [0.2, 0.25) is 11.8 Å². The molecule has 0 saturated heterocycles. The van der Waals surface area contributed by atoms with Gasteiger partial charge >= 0.3 is 0 Å². The predicted octanol–water partition coefficient (Wildman–Crippen LogP) is 1.99. The van der Waals surface area contributed by atoms with Crippen LogP contribution in [-0.4, -0.2) is 55.8 Å². The molecule has 0 radical (unpaired) electrons. The summed E-state index contributed by atoms with van der Waals surface area (Å²) in [4.78, 5) is 24.8. The van der Waals surface area contributed by atoms with Crippen molar-refractivity contribution in [2.45, 2.75) is 31.7 Å². The molecule has 3 heterocycles. The molecule has 0 bridgehead atoms. The van der Waals surface area contributed by atoms with Crippen molar-refractivity contribution < 1.29 is 14.3 Å². The average molecular weight is 476 g/mol. The molecular weight excluding hydrogens is 450 g/mol. The van der Waals surface area contributed by atoms with Crippen molar-refractivity contribution in [2.24, 2.45) is 0 Å². The molecule has 1 saturated carbocycles. The van der Waals surface area contributed by atoms with Crippen LogP contribution in [-0.2, 0) is 4.79 Å². The Morgan fingerprint density at radius 1 is 1.09 bits per heavy atom. The molecule has 0 spiro atoms. The van der Waals surface area contributed by atoms with Crippen LogP contribution >= 0.6 is 0 Å². The Bertz CT molecular complexity index is 1410. The quantitative estimate of drug-likeness (QED) is 0.364. The number of carbonyl (C=O) groups excluding carboxylic acids is 1. The molecule has 35 heavy (non-hydrogen) atoms. The first-order chi connectivity index (χ1) is 17.0. The zero-order valence-electron chi connectivity index (χ0n) is 19.4. The van der Waals surface area contributed by atoms with E-state index in [9.17, 15) is 9.59 Å². The SMILES string of the molecule is COc1ccc(-c2nnc3ccc(OCCNC(=O)C(C)n4nc(C5CC5)ccc4=O)nn23)cc1. The Kier molecular flexibility index (Phi) is 6.13. The number of methoxy groups -OCH3 is 1. The summed E-state index contributed by atoms with van der Waals surface area (Å²) in [5, 5.41) is 20.0. The molecule has 180 valence electrons. The van der Waals surface area contributed by atoms with Crippen molar-refractivity contribution in [3.63, 3.8) is 0 Å². The monoisotopic (exact) mass is 475 g/mol. The lowest BCUT2D eigenvalue weighted by Gasteiger charge is -2.15. The molecule has 1 fully saturated rings. The summed E-state index contributed by atoms with van der Waals surface area (Å²) >= 11 is 0. The molecule has 1 aliphatic carbocycles. The molecule has 1 amide bonds. The van der Waals surface area contributed by atoms with Crippen LogP contribution in [0.3, 0.4) is 0 Å². The average Bonchev–Trinajstić information content (AvgIpc) is 3.65. The van der Waals surface area contributed by atoms with Crippen molar-refractivity contribution in [3.05, 3.63) is 64.6 Å². The van der Waals surface area contributed by atoms with Crippen LogP contribution in [0.15, 0.2) is 53.3 Å². The normalized spacial score (nSPS) is 14.0. The maximum Gasteiger partial charge on any atom is 0.267 e. The fraction of sp³-hybridized carbons (Fsp3) is 0.333. The second-order valence-corrected chi connectivity index (χ2v) is 8.32. The molecule has 1 unspecified atom stereocenters. The molecule has 1 aliphatic rings. The summed E-state index contributed by atoms with van der Waals surface area (Å²) in [6.07, 6.45) is 2.14. The molecule has 5 rings (SSSR count). The van der Waals surface area contributed by atoms with Gasteiger partial charge in [-0.25, -0.2) is 4.68 Å². The topological polar surface area (TPSA) is 126 Å². The van der Waals surface area contributed by atoms with E-state index in [0.29, 0.717) is 23.3 Å². The minimum atomic E-state index is -0.722. The molecule has 11 heteroatoms. The molecule has 0 aliphatic heterocycles. The van der Waals surface area contributed by atoms with E-state index in [1.165, 1.54) is 10.7 Å². The summed E-state index contributed by atoms with van der Waals surface area (Å²) in [5.41, 5.74) is 1.97. The number of hydrogen-bond acceptors (Lipinski definition) is 8. The summed E-state index contributed by atoms with van der Waals surface area (Å²) in [6.45, 7) is 2.10. The third-order valence-electron chi connectivity index (χ3n) is 5.83. The van der Waals surface area contributed by atoms with E-state index >= 15 is 0 Å². The number of ether oxygens (including phenoxy) is 2. The summed E-state index contributed by atoms with van der Waals surface area (Å²) in [6, 6.07) is 13.4. The van der Waals surface area contributed by atoms with Crippen molar-refractivity contribution in [3.8, 4) is 23.0 Å². The summed E-state index contributed by atoms with van der Waals surface area (Å²) < 4.78 is 13.8. The fourth-order valence-corrected chi connectivity index (χ4v) is 3.67. The number of rotatable bonds is 9. The number of carbonyl (C=O) groups is 1. The molecular formula is C24H25N7O4. The second-order valence-electron chi connectivity index (χ2n) is 8.32. The molecule has 11 nitrogen and oxygen atoms in total. The van der Waals surface area contributed by atoms with Crippen molar-refractivity contribution in [1.82, 2.24) is 34.9 Å². The van der Waals surface area contributed by atoms with E-state index in [4.69, 9.17) is 9.47 Å². The van der Waals surface area contributed by atoms with E-state index in [-0.39, 0.29) is 24.6 Å². The van der Waals surface area contributed by atoms with Crippen LogP contribution in [0.1, 0.15) is 37.4 Å². The third kappa shape index (κ3) is 4.84. The zero-order valence-corrected chi connectivity index (χ0v) is 19.4. The van der Waals surface area contributed by atoms with Gasteiger partial charge in [0.15, 0.2) is 11.5 Å². The number of amides is 1. The zero-order chi connectivity index (χ0) is 24.4. The minimum absolute atomic E-state index is 0.196. The molecule has 4 aromatic rings. The third-order valence-corrected chi connectivity index (χ3v) is 5.83. The van der Waals surface area contributed by atoms with E-state index < -0.39 is 6.04 Å². The van der Waals surface area contributed by atoms with Crippen LogP contribution in [0.5, 0.6) is 11.6 Å². The Morgan fingerprint density at radius 2 is 1.89 bits per heavy atom. The van der Waals surface area contributed by atoms with Crippen LogP contribution < -0.4 is 20.3 Å². The van der Waals surface area contributed by atoms with Crippen LogP contribution in [0, 0.1) is 0 Å². The highest BCUT2D eigenvalue weighted by atomic mass is 16.5. The van der Waals surface area contributed by atoms with Crippen molar-refractivity contribution in [2.75, 3.05) is 20.3 Å². The largest absolute Gasteiger partial charge is 0.497 e. The maximum atomic E-state index is 12.6. The van der Waals surface area contributed by atoms with E-state index in [2.05, 4.69) is 25.7 Å². The Labute approximate surface area is 200 Å². The number of hydrogen-bond donors (Lipinski definition) is 1. The van der Waals surface area contributed by atoms with Crippen LogP contribution in [0.25, 0.3) is 17.0 Å². The first-order valence-electron chi connectivity index (χ1n) is 11.4. The van der Waals surface area contributed by atoms with E-state index in [1.807, 2.05) is 24.3 Å². The van der Waals surface area contributed by atoms with Gasteiger partial charge < -0.3 is 14.8 Å². The number of fused-ring (bicyclic) bond motifs is 1. The van der Waals surface area contributed by atoms with Gasteiger partial charge in [0.05, 0.1) is 19.3 Å². The fourth-order valence-electron chi connectivity index (χ4n) is 3.67. The van der Waals surface area contributed by atoms with Gasteiger partial charge in [-0.05, 0) is 56.2 Å².